The highest BCUT2D eigenvalue weighted by atomic mass is 32.2. The van der Waals surface area contributed by atoms with Crippen LogP contribution in [0.5, 0.6) is 0 Å². The summed E-state index contributed by atoms with van der Waals surface area (Å²) >= 11 is 0. The van der Waals surface area contributed by atoms with E-state index in [2.05, 4.69) is 0 Å². The highest BCUT2D eigenvalue weighted by molar-refractivity contribution is 7.89. The highest BCUT2D eigenvalue weighted by Gasteiger charge is 2.40. The molecule has 178 valence electrons. The molecule has 4 rings (SSSR count). The molecule has 0 fully saturated rings. The summed E-state index contributed by atoms with van der Waals surface area (Å²) in [4.78, 5) is 12.9. The smallest absolute Gasteiger partial charge is 0.339 e. The van der Waals surface area contributed by atoms with Gasteiger partial charge >= 0.3 is 5.97 Å². The molecule has 3 aromatic carbocycles. The molecular weight excluding hydrogens is 464 g/mol. The molecule has 7 nitrogen and oxygen atoms in total. The molecule has 1 unspecified atom stereocenters. The minimum absolute atomic E-state index is 0.000214. The van der Waals surface area contributed by atoms with E-state index in [1.807, 2.05) is 31.2 Å². The number of nitrogens with zero attached hydrogens (tertiary/aromatic N) is 2. The molecule has 0 aromatic heterocycles. The number of nitriles is 1. The number of hydrogen-bond acceptors (Lipinski definition) is 6. The van der Waals surface area contributed by atoms with Crippen molar-refractivity contribution < 1.29 is 23.1 Å². The van der Waals surface area contributed by atoms with Crippen LogP contribution in [0.1, 0.15) is 34.7 Å². The van der Waals surface area contributed by atoms with E-state index in [4.69, 9.17) is 10.00 Å². The number of hydrogen-bond donors (Lipinski definition) is 1. The van der Waals surface area contributed by atoms with Crippen molar-refractivity contribution in [2.24, 2.45) is 0 Å². The number of ether oxygens (including phenoxy) is 1. The summed E-state index contributed by atoms with van der Waals surface area (Å²) in [5, 5.41) is 19.9. The molecule has 0 bridgehead atoms. The van der Waals surface area contributed by atoms with Gasteiger partial charge in [0.2, 0.25) is 10.0 Å². The number of benzene rings is 3. The molecule has 0 aliphatic carbocycles. The number of aliphatic hydroxyl groups is 1. The van der Waals surface area contributed by atoms with Crippen molar-refractivity contribution in [2.45, 2.75) is 30.9 Å². The molecule has 1 aliphatic heterocycles. The molecule has 0 saturated heterocycles. The van der Waals surface area contributed by atoms with Crippen molar-refractivity contribution in [2.75, 3.05) is 6.54 Å². The standard InChI is InChI=1S/C27H24N2O5S/c1-19-7-13-23(14-8-19)35(32,33)29-17-24(27(31)34-18-21-5-3-2-4-6-21)26(30)15-25(29)22-11-9-20(16-28)10-12-22/h2-14,25,30H,15,17-18H2,1H3. The van der Waals surface area contributed by atoms with Crippen molar-refractivity contribution in [3.63, 3.8) is 0 Å². The van der Waals surface area contributed by atoms with E-state index < -0.39 is 22.0 Å². The average Bonchev–Trinajstić information content (AvgIpc) is 2.88. The number of aryl methyl sites for hydroxylation is 1. The van der Waals surface area contributed by atoms with Crippen LogP contribution in [-0.2, 0) is 26.2 Å². The highest BCUT2D eigenvalue weighted by Crippen LogP contribution is 2.38. The predicted octanol–water partition coefficient (Wildman–Crippen LogP) is 4.56. The maximum atomic E-state index is 13.7. The zero-order valence-corrected chi connectivity index (χ0v) is 19.9. The van der Waals surface area contributed by atoms with E-state index in [0.717, 1.165) is 11.1 Å². The van der Waals surface area contributed by atoms with Gasteiger partial charge in [0.25, 0.3) is 0 Å². The van der Waals surface area contributed by atoms with Crippen molar-refractivity contribution in [3.8, 4) is 6.07 Å². The summed E-state index contributed by atoms with van der Waals surface area (Å²) in [5.74, 6) is -0.985. The van der Waals surface area contributed by atoms with Crippen LogP contribution < -0.4 is 0 Å². The van der Waals surface area contributed by atoms with Gasteiger partial charge in [-0.05, 0) is 42.3 Å². The Bertz CT molecular complexity index is 1390. The zero-order valence-electron chi connectivity index (χ0n) is 19.1. The fourth-order valence-electron chi connectivity index (χ4n) is 3.92. The summed E-state index contributed by atoms with van der Waals surface area (Å²) in [6.07, 6.45) is -0.104. The molecule has 3 aromatic rings. The van der Waals surface area contributed by atoms with E-state index in [9.17, 15) is 18.3 Å². The number of rotatable bonds is 6. The average molecular weight is 489 g/mol. The summed E-state index contributed by atoms with van der Waals surface area (Å²) in [6.45, 7) is 1.51. The lowest BCUT2D eigenvalue weighted by Gasteiger charge is -2.35. The van der Waals surface area contributed by atoms with Gasteiger partial charge in [-0.15, -0.1) is 0 Å². The van der Waals surface area contributed by atoms with E-state index in [-0.39, 0.29) is 35.8 Å². The third-order valence-electron chi connectivity index (χ3n) is 5.91. The summed E-state index contributed by atoms with van der Waals surface area (Å²) in [7, 11) is -4.03. The van der Waals surface area contributed by atoms with Gasteiger partial charge in [-0.3, -0.25) is 0 Å². The summed E-state index contributed by atoms with van der Waals surface area (Å²) in [5.41, 5.74) is 2.62. The quantitative estimate of drug-likeness (QED) is 0.510. The van der Waals surface area contributed by atoms with Gasteiger partial charge in [0.05, 0.1) is 34.7 Å². The Morgan fingerprint density at radius 2 is 1.71 bits per heavy atom. The largest absolute Gasteiger partial charge is 0.512 e. The second kappa shape index (κ2) is 10.1. The lowest BCUT2D eigenvalue weighted by atomic mass is 9.96. The lowest BCUT2D eigenvalue weighted by Crippen LogP contribution is -2.41. The van der Waals surface area contributed by atoms with Gasteiger partial charge in [0.1, 0.15) is 12.4 Å². The minimum Gasteiger partial charge on any atom is -0.512 e. The van der Waals surface area contributed by atoms with E-state index >= 15 is 0 Å². The molecule has 0 saturated carbocycles. The first-order valence-corrected chi connectivity index (χ1v) is 12.4. The van der Waals surface area contributed by atoms with Crippen molar-refractivity contribution >= 4 is 16.0 Å². The molecule has 1 aliphatic rings. The molecule has 35 heavy (non-hydrogen) atoms. The van der Waals surface area contributed by atoms with E-state index in [0.29, 0.717) is 11.1 Å². The Morgan fingerprint density at radius 1 is 1.06 bits per heavy atom. The fraction of sp³-hybridized carbons (Fsp3) is 0.185. The monoisotopic (exact) mass is 488 g/mol. The third-order valence-corrected chi connectivity index (χ3v) is 7.78. The first kappa shape index (κ1) is 24.2. The predicted molar refractivity (Wildman–Crippen MR) is 129 cm³/mol. The maximum Gasteiger partial charge on any atom is 0.339 e. The van der Waals surface area contributed by atoms with Gasteiger partial charge < -0.3 is 9.84 Å². The Labute approximate surface area is 204 Å². The van der Waals surface area contributed by atoms with Crippen LogP contribution in [0.3, 0.4) is 0 Å². The summed E-state index contributed by atoms with van der Waals surface area (Å²) < 4.78 is 33.9. The molecule has 0 radical (unpaired) electrons. The first-order chi connectivity index (χ1) is 16.8. The fourth-order valence-corrected chi connectivity index (χ4v) is 5.50. The number of carbonyl (C=O) groups excluding carboxylic acids is 1. The second-order valence-corrected chi connectivity index (χ2v) is 10.2. The molecule has 1 N–H and O–H groups in total. The number of aliphatic hydroxyl groups excluding tert-OH is 1. The van der Waals surface area contributed by atoms with Gasteiger partial charge in [-0.25, -0.2) is 13.2 Å². The maximum absolute atomic E-state index is 13.7. The van der Waals surface area contributed by atoms with Crippen LogP contribution in [0.2, 0.25) is 0 Å². The zero-order chi connectivity index (χ0) is 25.0. The molecular formula is C27H24N2O5S. The van der Waals surface area contributed by atoms with Gasteiger partial charge in [0, 0.05) is 6.42 Å². The second-order valence-electron chi connectivity index (χ2n) is 8.30. The lowest BCUT2D eigenvalue weighted by molar-refractivity contribution is -0.141. The minimum atomic E-state index is -4.03. The SMILES string of the molecule is Cc1ccc(S(=O)(=O)N2CC(C(=O)OCc3ccccc3)=C(O)CC2c2ccc(C#N)cc2)cc1. The van der Waals surface area contributed by atoms with Crippen LogP contribution in [0.4, 0.5) is 0 Å². The Hall–Kier alpha value is -3.93. The van der Waals surface area contributed by atoms with E-state index in [1.165, 1.54) is 16.4 Å². The first-order valence-electron chi connectivity index (χ1n) is 11.0. The number of sulfonamides is 1. The Kier molecular flexibility index (Phi) is 7.01. The van der Waals surface area contributed by atoms with E-state index in [1.54, 1.807) is 48.5 Å². The van der Waals surface area contributed by atoms with Crippen LogP contribution >= 0.6 is 0 Å². The van der Waals surface area contributed by atoms with Crippen molar-refractivity contribution in [1.29, 1.82) is 5.26 Å². The van der Waals surface area contributed by atoms with Gasteiger partial charge in [-0.1, -0.05) is 60.2 Å². The topological polar surface area (TPSA) is 108 Å². The van der Waals surface area contributed by atoms with Crippen LogP contribution in [0.25, 0.3) is 0 Å². The molecule has 1 atom stereocenters. The Balaban J connectivity index is 1.69. The third kappa shape index (κ3) is 5.27. The molecule has 0 amide bonds. The van der Waals surface area contributed by atoms with Gasteiger partial charge in [-0.2, -0.15) is 9.57 Å². The normalized spacial score (nSPS) is 16.5. The Morgan fingerprint density at radius 3 is 2.34 bits per heavy atom. The van der Waals surface area contributed by atoms with Crippen LogP contribution in [-0.4, -0.2) is 30.3 Å². The molecule has 1 heterocycles. The van der Waals surface area contributed by atoms with Crippen molar-refractivity contribution in [3.05, 3.63) is 112 Å². The number of esters is 1. The van der Waals surface area contributed by atoms with Crippen LogP contribution in [0.15, 0.2) is 95.1 Å². The number of carbonyl (C=O) groups is 1. The molecule has 0 spiro atoms. The molecule has 8 heteroatoms. The van der Waals surface area contributed by atoms with Crippen LogP contribution in [0, 0.1) is 18.3 Å². The summed E-state index contributed by atoms with van der Waals surface area (Å²) in [6, 6.07) is 23.3. The van der Waals surface area contributed by atoms with Crippen molar-refractivity contribution in [1.82, 2.24) is 4.31 Å². The van der Waals surface area contributed by atoms with Gasteiger partial charge in [0.15, 0.2) is 0 Å².